The molecule has 0 aromatic carbocycles. The molecule has 0 saturated heterocycles. The minimum Gasteiger partial charge on any atom is -0.463 e. The monoisotopic (exact) mass is 292 g/mol. The van der Waals surface area contributed by atoms with Gasteiger partial charge in [0.1, 0.15) is 0 Å². The molecule has 0 saturated carbocycles. The van der Waals surface area contributed by atoms with Crippen molar-refractivity contribution in [3.05, 3.63) is 34.9 Å². The van der Waals surface area contributed by atoms with Crippen molar-refractivity contribution in [1.29, 1.82) is 0 Å². The summed E-state index contributed by atoms with van der Waals surface area (Å²) >= 11 is 0. The van der Waals surface area contributed by atoms with Crippen molar-refractivity contribution in [1.82, 2.24) is 0 Å². The van der Waals surface area contributed by atoms with Gasteiger partial charge in [-0.1, -0.05) is 37.1 Å². The molecule has 0 aliphatic heterocycles. The molecule has 1 atom stereocenters. The van der Waals surface area contributed by atoms with E-state index in [2.05, 4.69) is 39.8 Å². The minimum atomic E-state index is -0.254. The normalized spacial score (nSPS) is 15.0. The predicted octanol–water partition coefficient (Wildman–Crippen LogP) is 5.60. The fourth-order valence-corrected chi connectivity index (χ4v) is 1.89. The molecule has 0 aromatic heterocycles. The third kappa shape index (κ3) is 10.1. The van der Waals surface area contributed by atoms with Crippen molar-refractivity contribution in [3.63, 3.8) is 0 Å². The van der Waals surface area contributed by atoms with Crippen LogP contribution in [0.3, 0.4) is 0 Å². The molecule has 21 heavy (non-hydrogen) atoms. The lowest BCUT2D eigenvalue weighted by molar-refractivity contribution is -0.137. The van der Waals surface area contributed by atoms with E-state index in [0.717, 1.165) is 30.4 Å². The van der Waals surface area contributed by atoms with Gasteiger partial charge in [0.05, 0.1) is 6.61 Å². The zero-order chi connectivity index (χ0) is 16.3. The van der Waals surface area contributed by atoms with Crippen molar-refractivity contribution in [3.8, 4) is 0 Å². The highest BCUT2D eigenvalue weighted by molar-refractivity contribution is 5.83. The summed E-state index contributed by atoms with van der Waals surface area (Å²) < 4.78 is 4.93. The van der Waals surface area contributed by atoms with Gasteiger partial charge in [0.15, 0.2) is 0 Å². The molecule has 1 unspecified atom stereocenters. The molecule has 0 amide bonds. The van der Waals surface area contributed by atoms with Crippen LogP contribution in [0.2, 0.25) is 0 Å². The highest BCUT2D eigenvalue weighted by atomic mass is 16.5. The number of rotatable bonds is 9. The summed E-state index contributed by atoms with van der Waals surface area (Å²) in [4.78, 5) is 11.4. The minimum absolute atomic E-state index is 0.254. The zero-order valence-corrected chi connectivity index (χ0v) is 14.7. The molecule has 0 fully saturated rings. The van der Waals surface area contributed by atoms with Gasteiger partial charge in [-0.3, -0.25) is 0 Å². The van der Waals surface area contributed by atoms with Crippen LogP contribution in [-0.4, -0.2) is 12.6 Å². The summed E-state index contributed by atoms with van der Waals surface area (Å²) in [5.74, 6) is 0.409. The van der Waals surface area contributed by atoms with Crippen LogP contribution in [0, 0.1) is 5.92 Å². The van der Waals surface area contributed by atoms with E-state index in [0.29, 0.717) is 12.5 Å². The second-order valence-electron chi connectivity index (χ2n) is 5.79. The van der Waals surface area contributed by atoms with Crippen LogP contribution >= 0.6 is 0 Å². The molecule has 0 N–H and O–H groups in total. The maximum absolute atomic E-state index is 11.4. The highest BCUT2D eigenvalue weighted by Crippen LogP contribution is 2.17. The van der Waals surface area contributed by atoms with E-state index >= 15 is 0 Å². The Morgan fingerprint density at radius 1 is 1.10 bits per heavy atom. The Balaban J connectivity index is 4.29. The smallest absolute Gasteiger partial charge is 0.331 e. The Hall–Kier alpha value is -1.31. The Morgan fingerprint density at radius 2 is 1.76 bits per heavy atom. The summed E-state index contributed by atoms with van der Waals surface area (Å²) in [7, 11) is 0. The number of carbonyl (C=O) groups is 1. The van der Waals surface area contributed by atoms with E-state index in [4.69, 9.17) is 4.74 Å². The maximum atomic E-state index is 11.4. The van der Waals surface area contributed by atoms with Crippen LogP contribution in [0.15, 0.2) is 34.9 Å². The van der Waals surface area contributed by atoms with Crippen LogP contribution in [0.4, 0.5) is 0 Å². The van der Waals surface area contributed by atoms with Crippen molar-refractivity contribution in [2.24, 2.45) is 5.92 Å². The second kappa shape index (κ2) is 11.4. The largest absolute Gasteiger partial charge is 0.463 e. The molecule has 0 aliphatic rings. The third-order valence-electron chi connectivity index (χ3n) is 3.78. The third-order valence-corrected chi connectivity index (χ3v) is 3.78. The lowest BCUT2D eigenvalue weighted by Gasteiger charge is -2.09. The number of esters is 1. The molecule has 0 aliphatic carbocycles. The quantitative estimate of drug-likeness (QED) is 0.239. The average Bonchev–Trinajstić information content (AvgIpc) is 2.44. The molecule has 0 bridgehead atoms. The fourth-order valence-electron chi connectivity index (χ4n) is 1.89. The Kier molecular flexibility index (Phi) is 10.7. The van der Waals surface area contributed by atoms with E-state index in [1.807, 2.05) is 13.8 Å². The summed E-state index contributed by atoms with van der Waals surface area (Å²) in [5.41, 5.74) is 3.62. The van der Waals surface area contributed by atoms with E-state index in [1.165, 1.54) is 12.0 Å². The second-order valence-corrected chi connectivity index (χ2v) is 5.79. The van der Waals surface area contributed by atoms with Crippen molar-refractivity contribution in [2.75, 3.05) is 6.61 Å². The molecular weight excluding hydrogens is 260 g/mol. The van der Waals surface area contributed by atoms with E-state index in [9.17, 15) is 4.79 Å². The Bertz CT molecular complexity index is 400. The summed E-state index contributed by atoms with van der Waals surface area (Å²) in [5, 5.41) is 0. The standard InChI is InChI=1S/C19H32O2/c1-7-15(3)10-9-11-16(4)12-13-17(5)18(6)14-19(20)21-8-2/h10,13-14,16H,7-9,11-12H2,1-6H3/b15-10+,17-13+,18-14+. The predicted molar refractivity (Wildman–Crippen MR) is 91.2 cm³/mol. The van der Waals surface area contributed by atoms with Crippen molar-refractivity contribution in [2.45, 2.75) is 67.2 Å². The van der Waals surface area contributed by atoms with Gasteiger partial charge in [-0.15, -0.1) is 0 Å². The summed E-state index contributed by atoms with van der Waals surface area (Å²) in [6, 6.07) is 0. The van der Waals surface area contributed by atoms with E-state index in [-0.39, 0.29) is 5.97 Å². The zero-order valence-electron chi connectivity index (χ0n) is 14.7. The van der Waals surface area contributed by atoms with Crippen LogP contribution in [0.5, 0.6) is 0 Å². The van der Waals surface area contributed by atoms with Gasteiger partial charge < -0.3 is 4.74 Å². The molecule has 0 radical (unpaired) electrons. The van der Waals surface area contributed by atoms with Crippen LogP contribution in [-0.2, 0) is 9.53 Å². The summed E-state index contributed by atoms with van der Waals surface area (Å²) in [6.07, 6.45) is 10.7. The van der Waals surface area contributed by atoms with Crippen molar-refractivity contribution < 1.29 is 9.53 Å². The number of allylic oxidation sites excluding steroid dienone is 5. The molecular formula is C19H32O2. The molecule has 0 aromatic rings. The first kappa shape index (κ1) is 19.7. The Morgan fingerprint density at radius 3 is 2.33 bits per heavy atom. The lowest BCUT2D eigenvalue weighted by atomic mass is 9.98. The molecule has 2 nitrogen and oxygen atoms in total. The van der Waals surface area contributed by atoms with Gasteiger partial charge >= 0.3 is 5.97 Å². The number of hydrogen-bond donors (Lipinski definition) is 0. The molecule has 0 spiro atoms. The van der Waals surface area contributed by atoms with E-state index < -0.39 is 0 Å². The van der Waals surface area contributed by atoms with Crippen LogP contribution in [0.1, 0.15) is 67.2 Å². The summed E-state index contributed by atoms with van der Waals surface area (Å²) in [6.45, 7) is 12.9. The van der Waals surface area contributed by atoms with Gasteiger partial charge in [-0.2, -0.15) is 0 Å². The molecule has 0 rings (SSSR count). The van der Waals surface area contributed by atoms with Crippen LogP contribution < -0.4 is 0 Å². The van der Waals surface area contributed by atoms with Gasteiger partial charge in [-0.05, 0) is 64.9 Å². The topological polar surface area (TPSA) is 26.3 Å². The average molecular weight is 292 g/mol. The van der Waals surface area contributed by atoms with Gasteiger partial charge in [0.2, 0.25) is 0 Å². The van der Waals surface area contributed by atoms with Gasteiger partial charge in [-0.25, -0.2) is 4.79 Å². The van der Waals surface area contributed by atoms with Crippen molar-refractivity contribution >= 4 is 5.97 Å². The molecule has 0 heterocycles. The molecule has 120 valence electrons. The maximum Gasteiger partial charge on any atom is 0.331 e. The van der Waals surface area contributed by atoms with Gasteiger partial charge in [0.25, 0.3) is 0 Å². The molecule has 2 heteroatoms. The van der Waals surface area contributed by atoms with Gasteiger partial charge in [0, 0.05) is 6.08 Å². The highest BCUT2D eigenvalue weighted by Gasteiger charge is 2.02. The first-order chi connectivity index (χ1) is 9.90. The SMILES string of the molecule is CCOC(=O)/C=C(C)/C(C)=C/CC(C)CC/C=C(\C)CC. The number of carbonyl (C=O) groups excluding carboxylic acids is 1. The first-order valence-electron chi connectivity index (χ1n) is 8.08. The Labute approximate surface area is 131 Å². The van der Waals surface area contributed by atoms with Crippen LogP contribution in [0.25, 0.3) is 0 Å². The first-order valence-corrected chi connectivity index (χ1v) is 8.08. The van der Waals surface area contributed by atoms with E-state index in [1.54, 1.807) is 6.08 Å². The number of hydrogen-bond acceptors (Lipinski definition) is 2. The fraction of sp³-hybridized carbons (Fsp3) is 0.632. The lowest BCUT2D eigenvalue weighted by Crippen LogP contribution is -2.01. The number of ether oxygens (including phenoxy) is 1.